The van der Waals surface area contributed by atoms with Gasteiger partial charge in [-0.05, 0) is 30.9 Å². The summed E-state index contributed by atoms with van der Waals surface area (Å²) in [5.74, 6) is -0.166. The molecule has 0 bridgehead atoms. The lowest BCUT2D eigenvalue weighted by Gasteiger charge is -2.10. The van der Waals surface area contributed by atoms with E-state index in [9.17, 15) is 4.79 Å². The first-order valence-electron chi connectivity index (χ1n) is 6.28. The number of aliphatic imine (C=N–C) groups is 1. The molecule has 1 amide bonds. The second kappa shape index (κ2) is 9.00. The van der Waals surface area contributed by atoms with Crippen LogP contribution in [-0.2, 0) is 4.74 Å². The summed E-state index contributed by atoms with van der Waals surface area (Å²) in [5, 5.41) is 14.4. The lowest BCUT2D eigenvalue weighted by atomic mass is 10.1. The zero-order valence-electron chi connectivity index (χ0n) is 12.3. The minimum atomic E-state index is -0.166. The molecule has 0 spiro atoms. The van der Waals surface area contributed by atoms with Crippen LogP contribution in [0.15, 0.2) is 23.2 Å². The molecule has 1 aromatic carbocycles. The van der Waals surface area contributed by atoms with Crippen LogP contribution in [0.3, 0.4) is 0 Å². The van der Waals surface area contributed by atoms with E-state index < -0.39 is 0 Å². The van der Waals surface area contributed by atoms with Gasteiger partial charge in [0, 0.05) is 19.2 Å². The number of thioether (sulfide) groups is 1. The molecule has 0 radical (unpaired) electrons. The fourth-order valence-electron chi connectivity index (χ4n) is 1.63. The Morgan fingerprint density at radius 1 is 1.52 bits per heavy atom. The Hall–Kier alpha value is -2.04. The minimum absolute atomic E-state index is 0.166. The Bertz CT molecular complexity index is 567. The van der Waals surface area contributed by atoms with E-state index in [4.69, 9.17) is 10.00 Å². The van der Waals surface area contributed by atoms with E-state index in [0.29, 0.717) is 29.6 Å². The highest BCUT2D eigenvalue weighted by atomic mass is 32.2. The molecule has 0 unspecified atom stereocenters. The van der Waals surface area contributed by atoms with E-state index >= 15 is 0 Å². The van der Waals surface area contributed by atoms with Gasteiger partial charge in [0.05, 0.1) is 12.3 Å². The average Bonchev–Trinajstić information content (AvgIpc) is 2.48. The van der Waals surface area contributed by atoms with Crippen molar-refractivity contribution < 1.29 is 9.53 Å². The Labute approximate surface area is 128 Å². The molecule has 0 aliphatic carbocycles. The molecule has 7 heteroatoms. The Morgan fingerprint density at radius 3 is 2.90 bits per heavy atom. The van der Waals surface area contributed by atoms with Gasteiger partial charge < -0.3 is 10.1 Å². The topological polar surface area (TPSA) is 86.5 Å². The lowest BCUT2D eigenvalue weighted by Crippen LogP contribution is -2.27. The number of benzene rings is 1. The van der Waals surface area contributed by atoms with Crippen molar-refractivity contribution in [2.75, 3.05) is 26.5 Å². The first-order chi connectivity index (χ1) is 10.1. The molecule has 0 saturated carbocycles. The number of nitriles is 1. The van der Waals surface area contributed by atoms with Gasteiger partial charge in [-0.1, -0.05) is 17.8 Å². The SMILES string of the molecule is COCCNC(=O)c1cccc(N=C(NC#N)SC)c1C. The van der Waals surface area contributed by atoms with Crippen molar-refractivity contribution in [2.24, 2.45) is 4.99 Å². The number of amides is 1. The number of carbonyl (C=O) groups excluding carboxylic acids is 1. The molecule has 0 aliphatic rings. The summed E-state index contributed by atoms with van der Waals surface area (Å²) in [5.41, 5.74) is 1.98. The molecule has 1 aromatic rings. The third kappa shape index (κ3) is 5.10. The van der Waals surface area contributed by atoms with Crippen LogP contribution < -0.4 is 10.6 Å². The number of rotatable bonds is 5. The fraction of sp³-hybridized carbons (Fsp3) is 0.357. The van der Waals surface area contributed by atoms with Gasteiger partial charge in [0.25, 0.3) is 5.91 Å². The van der Waals surface area contributed by atoms with E-state index in [2.05, 4.69) is 15.6 Å². The maximum Gasteiger partial charge on any atom is 0.251 e. The maximum absolute atomic E-state index is 12.1. The summed E-state index contributed by atoms with van der Waals surface area (Å²) >= 11 is 1.33. The third-order valence-electron chi connectivity index (χ3n) is 2.72. The summed E-state index contributed by atoms with van der Waals surface area (Å²) in [6.07, 6.45) is 3.65. The van der Waals surface area contributed by atoms with Crippen LogP contribution in [0.2, 0.25) is 0 Å². The summed E-state index contributed by atoms with van der Waals surface area (Å²) in [6.45, 7) is 2.74. The maximum atomic E-state index is 12.1. The zero-order valence-corrected chi connectivity index (χ0v) is 13.1. The molecule has 0 aromatic heterocycles. The van der Waals surface area contributed by atoms with Crippen molar-refractivity contribution in [3.8, 4) is 6.19 Å². The standard InChI is InChI=1S/C14H18N4O2S/c1-10-11(13(19)16-7-8-20-2)5-4-6-12(10)18-14(21-3)17-9-15/h4-6H,7-8H2,1-3H3,(H,16,19)(H,17,18). The highest BCUT2D eigenvalue weighted by Crippen LogP contribution is 2.23. The monoisotopic (exact) mass is 306 g/mol. The van der Waals surface area contributed by atoms with Crippen LogP contribution in [0.4, 0.5) is 5.69 Å². The van der Waals surface area contributed by atoms with Gasteiger partial charge in [0.2, 0.25) is 0 Å². The number of methoxy groups -OCH3 is 1. The summed E-state index contributed by atoms with van der Waals surface area (Å²) in [6, 6.07) is 5.31. The van der Waals surface area contributed by atoms with Gasteiger partial charge in [-0.2, -0.15) is 5.26 Å². The minimum Gasteiger partial charge on any atom is -0.383 e. The van der Waals surface area contributed by atoms with Gasteiger partial charge in [0.1, 0.15) is 0 Å². The molecule has 0 heterocycles. The normalized spacial score (nSPS) is 10.9. The first-order valence-corrected chi connectivity index (χ1v) is 7.51. The molecular formula is C14H18N4O2S. The molecule has 0 saturated heterocycles. The predicted molar refractivity (Wildman–Crippen MR) is 84.7 cm³/mol. The number of nitrogens with zero attached hydrogens (tertiary/aromatic N) is 2. The van der Waals surface area contributed by atoms with Crippen LogP contribution in [0.25, 0.3) is 0 Å². The summed E-state index contributed by atoms with van der Waals surface area (Å²) < 4.78 is 4.90. The van der Waals surface area contributed by atoms with Crippen molar-refractivity contribution in [1.82, 2.24) is 10.6 Å². The predicted octanol–water partition coefficient (Wildman–Crippen LogP) is 1.79. The van der Waals surface area contributed by atoms with Crippen molar-refractivity contribution in [3.05, 3.63) is 29.3 Å². The molecule has 21 heavy (non-hydrogen) atoms. The van der Waals surface area contributed by atoms with Crippen LogP contribution in [0.1, 0.15) is 15.9 Å². The highest BCUT2D eigenvalue weighted by Gasteiger charge is 2.11. The molecule has 112 valence electrons. The smallest absolute Gasteiger partial charge is 0.251 e. The van der Waals surface area contributed by atoms with Gasteiger partial charge in [0.15, 0.2) is 11.4 Å². The average molecular weight is 306 g/mol. The van der Waals surface area contributed by atoms with E-state index in [-0.39, 0.29) is 5.91 Å². The number of hydrogen-bond acceptors (Lipinski definition) is 5. The molecule has 2 N–H and O–H groups in total. The Morgan fingerprint density at radius 2 is 2.29 bits per heavy atom. The van der Waals surface area contributed by atoms with Crippen molar-refractivity contribution >= 4 is 28.5 Å². The van der Waals surface area contributed by atoms with Crippen LogP contribution in [0, 0.1) is 18.4 Å². The van der Waals surface area contributed by atoms with Gasteiger partial charge in [-0.15, -0.1) is 0 Å². The lowest BCUT2D eigenvalue weighted by molar-refractivity contribution is 0.0936. The van der Waals surface area contributed by atoms with E-state index in [0.717, 1.165) is 5.56 Å². The van der Waals surface area contributed by atoms with E-state index in [1.807, 2.05) is 19.4 Å². The van der Waals surface area contributed by atoms with E-state index in [1.165, 1.54) is 11.8 Å². The Kier molecular flexibility index (Phi) is 7.29. The second-order valence-electron chi connectivity index (χ2n) is 4.06. The molecular weight excluding hydrogens is 288 g/mol. The fourth-order valence-corrected chi connectivity index (χ4v) is 1.97. The molecule has 6 nitrogen and oxygen atoms in total. The van der Waals surface area contributed by atoms with E-state index in [1.54, 1.807) is 25.3 Å². The number of carbonyl (C=O) groups is 1. The van der Waals surface area contributed by atoms with Crippen LogP contribution in [-0.4, -0.2) is 37.6 Å². The third-order valence-corrected chi connectivity index (χ3v) is 3.30. The molecule has 0 fully saturated rings. The molecule has 0 atom stereocenters. The van der Waals surface area contributed by atoms with Crippen LogP contribution in [0.5, 0.6) is 0 Å². The molecule has 1 rings (SSSR count). The van der Waals surface area contributed by atoms with Crippen molar-refractivity contribution in [3.63, 3.8) is 0 Å². The van der Waals surface area contributed by atoms with Crippen LogP contribution >= 0.6 is 11.8 Å². The zero-order chi connectivity index (χ0) is 15.7. The van der Waals surface area contributed by atoms with Crippen molar-refractivity contribution in [2.45, 2.75) is 6.92 Å². The molecule has 0 aliphatic heterocycles. The van der Waals surface area contributed by atoms with Gasteiger partial charge >= 0.3 is 0 Å². The van der Waals surface area contributed by atoms with Gasteiger partial charge in [-0.3, -0.25) is 10.1 Å². The van der Waals surface area contributed by atoms with Crippen molar-refractivity contribution in [1.29, 1.82) is 5.26 Å². The number of hydrogen-bond donors (Lipinski definition) is 2. The first kappa shape index (κ1) is 17.0. The number of ether oxygens (including phenoxy) is 1. The quantitative estimate of drug-likeness (QED) is 0.285. The largest absolute Gasteiger partial charge is 0.383 e. The number of amidine groups is 1. The second-order valence-corrected chi connectivity index (χ2v) is 4.85. The summed E-state index contributed by atoms with van der Waals surface area (Å²) in [4.78, 5) is 16.4. The highest BCUT2D eigenvalue weighted by molar-refractivity contribution is 8.13. The number of nitrogens with one attached hydrogen (secondary N) is 2. The Balaban J connectivity index is 2.98. The summed E-state index contributed by atoms with van der Waals surface area (Å²) in [7, 11) is 1.58. The van der Waals surface area contributed by atoms with Gasteiger partial charge in [-0.25, -0.2) is 4.99 Å².